The summed E-state index contributed by atoms with van der Waals surface area (Å²) in [7, 11) is 0. The summed E-state index contributed by atoms with van der Waals surface area (Å²) in [5, 5.41) is 1.12. The summed E-state index contributed by atoms with van der Waals surface area (Å²) >= 11 is 11.8. The number of imidazole rings is 1. The molecule has 1 atom stereocenters. The molecule has 1 heterocycles. The third kappa shape index (κ3) is 1.59. The topological polar surface area (TPSA) is 54.7 Å². The molecule has 2 rings (SSSR count). The number of hydrogen-bond donors (Lipinski definition) is 2. The Bertz CT molecular complexity index is 476. The maximum absolute atomic E-state index is 5.97. The molecule has 0 amide bonds. The third-order valence-electron chi connectivity index (χ3n) is 1.95. The molecule has 5 heteroatoms. The number of aromatic amines is 1. The fourth-order valence-corrected chi connectivity index (χ4v) is 1.81. The van der Waals surface area contributed by atoms with Gasteiger partial charge in [0.15, 0.2) is 0 Å². The van der Waals surface area contributed by atoms with Crippen molar-refractivity contribution in [1.82, 2.24) is 9.97 Å². The molecule has 0 saturated carbocycles. The van der Waals surface area contributed by atoms with Gasteiger partial charge in [-0.05, 0) is 19.1 Å². The number of H-pyrrole nitrogens is 1. The van der Waals surface area contributed by atoms with Gasteiger partial charge in [0, 0.05) is 5.02 Å². The predicted molar refractivity (Wildman–Crippen MR) is 58.7 cm³/mol. The Labute approximate surface area is 91.2 Å². The highest BCUT2D eigenvalue weighted by atomic mass is 35.5. The molecule has 3 nitrogen and oxygen atoms in total. The molecule has 0 saturated heterocycles. The number of fused-ring (bicyclic) bond motifs is 1. The summed E-state index contributed by atoms with van der Waals surface area (Å²) in [6.07, 6.45) is 0. The van der Waals surface area contributed by atoms with Crippen LogP contribution in [0.2, 0.25) is 10.0 Å². The lowest BCUT2D eigenvalue weighted by Gasteiger charge is -1.96. The summed E-state index contributed by atoms with van der Waals surface area (Å²) in [4.78, 5) is 7.35. The smallest absolute Gasteiger partial charge is 0.124 e. The minimum absolute atomic E-state index is 0.141. The van der Waals surface area contributed by atoms with Gasteiger partial charge in [0.1, 0.15) is 11.3 Å². The van der Waals surface area contributed by atoms with E-state index >= 15 is 0 Å². The maximum atomic E-state index is 5.97. The van der Waals surface area contributed by atoms with Crippen LogP contribution in [0.1, 0.15) is 18.8 Å². The summed E-state index contributed by atoms with van der Waals surface area (Å²) < 4.78 is 0. The molecule has 0 bridgehead atoms. The molecular formula is C9H9Cl2N3. The normalized spacial score (nSPS) is 13.4. The third-order valence-corrected chi connectivity index (χ3v) is 2.46. The zero-order chi connectivity index (χ0) is 10.3. The highest BCUT2D eigenvalue weighted by Crippen LogP contribution is 2.26. The average Bonchev–Trinajstić information content (AvgIpc) is 2.47. The van der Waals surface area contributed by atoms with Crippen LogP contribution in [-0.2, 0) is 0 Å². The van der Waals surface area contributed by atoms with E-state index in [2.05, 4.69) is 9.97 Å². The fourth-order valence-electron chi connectivity index (χ4n) is 1.28. The lowest BCUT2D eigenvalue weighted by Crippen LogP contribution is -2.06. The van der Waals surface area contributed by atoms with Crippen LogP contribution in [0.4, 0.5) is 0 Å². The van der Waals surface area contributed by atoms with Gasteiger partial charge in [-0.25, -0.2) is 4.98 Å². The van der Waals surface area contributed by atoms with E-state index in [1.807, 2.05) is 6.92 Å². The van der Waals surface area contributed by atoms with E-state index in [9.17, 15) is 0 Å². The van der Waals surface area contributed by atoms with Crippen molar-refractivity contribution in [2.45, 2.75) is 13.0 Å². The molecule has 1 aromatic carbocycles. The van der Waals surface area contributed by atoms with E-state index in [0.29, 0.717) is 21.4 Å². The van der Waals surface area contributed by atoms with Gasteiger partial charge in [-0.2, -0.15) is 0 Å². The number of nitrogens with two attached hydrogens (primary N) is 1. The van der Waals surface area contributed by atoms with Crippen LogP contribution in [0, 0.1) is 0 Å². The quantitative estimate of drug-likeness (QED) is 0.791. The van der Waals surface area contributed by atoms with Crippen molar-refractivity contribution in [2.75, 3.05) is 0 Å². The molecule has 0 fully saturated rings. The molecule has 2 aromatic rings. The maximum Gasteiger partial charge on any atom is 0.124 e. The van der Waals surface area contributed by atoms with Crippen molar-refractivity contribution < 1.29 is 0 Å². The van der Waals surface area contributed by atoms with Crippen LogP contribution in [0.25, 0.3) is 11.0 Å². The molecule has 1 aromatic heterocycles. The van der Waals surface area contributed by atoms with Gasteiger partial charge in [-0.3, -0.25) is 0 Å². The van der Waals surface area contributed by atoms with E-state index < -0.39 is 0 Å². The van der Waals surface area contributed by atoms with Crippen LogP contribution in [0.5, 0.6) is 0 Å². The lowest BCUT2D eigenvalue weighted by atomic mass is 10.3. The molecule has 0 aliphatic heterocycles. The van der Waals surface area contributed by atoms with Crippen LogP contribution >= 0.6 is 23.2 Å². The first kappa shape index (κ1) is 9.77. The molecule has 3 N–H and O–H groups in total. The van der Waals surface area contributed by atoms with Gasteiger partial charge >= 0.3 is 0 Å². The number of nitrogens with zero attached hydrogens (tertiary/aromatic N) is 1. The highest BCUT2D eigenvalue weighted by molar-refractivity contribution is 6.38. The SMILES string of the molecule is C[C@@H](N)c1nc2c(Cl)cc(Cl)cc2[nH]1. The van der Waals surface area contributed by atoms with Gasteiger partial charge in [0.25, 0.3) is 0 Å². The van der Waals surface area contributed by atoms with Gasteiger partial charge in [0.2, 0.25) is 0 Å². The van der Waals surface area contributed by atoms with Crippen LogP contribution in [0.3, 0.4) is 0 Å². The fraction of sp³-hybridized carbons (Fsp3) is 0.222. The Morgan fingerprint density at radius 2 is 2.14 bits per heavy atom. The summed E-state index contributed by atoms with van der Waals surface area (Å²) in [5.74, 6) is 0.712. The monoisotopic (exact) mass is 229 g/mol. The highest BCUT2D eigenvalue weighted by Gasteiger charge is 2.09. The number of nitrogens with one attached hydrogen (secondary N) is 1. The number of halogens is 2. The second-order valence-electron chi connectivity index (χ2n) is 3.19. The average molecular weight is 230 g/mol. The Morgan fingerprint density at radius 1 is 1.43 bits per heavy atom. The van der Waals surface area contributed by atoms with Crippen molar-refractivity contribution >= 4 is 34.2 Å². The number of benzene rings is 1. The van der Waals surface area contributed by atoms with E-state index in [4.69, 9.17) is 28.9 Å². The van der Waals surface area contributed by atoms with Crippen LogP contribution in [-0.4, -0.2) is 9.97 Å². The van der Waals surface area contributed by atoms with E-state index in [1.54, 1.807) is 12.1 Å². The largest absolute Gasteiger partial charge is 0.341 e. The lowest BCUT2D eigenvalue weighted by molar-refractivity contribution is 0.760. The minimum Gasteiger partial charge on any atom is -0.341 e. The Balaban J connectivity index is 2.70. The van der Waals surface area contributed by atoms with Crippen LogP contribution in [0.15, 0.2) is 12.1 Å². The summed E-state index contributed by atoms with van der Waals surface area (Å²) in [5.41, 5.74) is 7.22. The molecule has 0 aliphatic rings. The second kappa shape index (κ2) is 3.42. The number of rotatable bonds is 1. The summed E-state index contributed by atoms with van der Waals surface area (Å²) in [6, 6.07) is 3.30. The van der Waals surface area contributed by atoms with Crippen molar-refractivity contribution in [2.24, 2.45) is 5.73 Å². The zero-order valence-corrected chi connectivity index (χ0v) is 9.02. The first-order valence-electron chi connectivity index (χ1n) is 4.18. The van der Waals surface area contributed by atoms with E-state index in [1.165, 1.54) is 0 Å². The molecule has 14 heavy (non-hydrogen) atoms. The van der Waals surface area contributed by atoms with Gasteiger partial charge < -0.3 is 10.7 Å². The minimum atomic E-state index is -0.141. The molecule has 0 aliphatic carbocycles. The van der Waals surface area contributed by atoms with Crippen molar-refractivity contribution in [3.8, 4) is 0 Å². The first-order chi connectivity index (χ1) is 6.58. The van der Waals surface area contributed by atoms with Crippen LogP contribution < -0.4 is 5.73 Å². The predicted octanol–water partition coefficient (Wildman–Crippen LogP) is 2.89. The first-order valence-corrected chi connectivity index (χ1v) is 4.94. The molecule has 0 spiro atoms. The summed E-state index contributed by atoms with van der Waals surface area (Å²) in [6.45, 7) is 1.85. The molecular weight excluding hydrogens is 221 g/mol. The second-order valence-corrected chi connectivity index (χ2v) is 4.04. The molecule has 0 radical (unpaired) electrons. The van der Waals surface area contributed by atoms with Gasteiger partial charge in [-0.15, -0.1) is 0 Å². The van der Waals surface area contributed by atoms with E-state index in [0.717, 1.165) is 5.52 Å². The standard InChI is InChI=1S/C9H9Cl2N3/c1-4(12)9-13-7-3-5(10)2-6(11)8(7)14-9/h2-4H,12H2,1H3,(H,13,14)/t4-/m1/s1. The van der Waals surface area contributed by atoms with Crippen molar-refractivity contribution in [3.63, 3.8) is 0 Å². The Morgan fingerprint density at radius 3 is 2.79 bits per heavy atom. The van der Waals surface area contributed by atoms with E-state index in [-0.39, 0.29) is 6.04 Å². The van der Waals surface area contributed by atoms with Gasteiger partial charge in [-0.1, -0.05) is 23.2 Å². The molecule has 74 valence electrons. The zero-order valence-electron chi connectivity index (χ0n) is 7.51. The van der Waals surface area contributed by atoms with Crippen molar-refractivity contribution in [1.29, 1.82) is 0 Å². The van der Waals surface area contributed by atoms with Crippen molar-refractivity contribution in [3.05, 3.63) is 28.0 Å². The number of hydrogen-bond acceptors (Lipinski definition) is 2. The molecule has 0 unspecified atom stereocenters. The van der Waals surface area contributed by atoms with Gasteiger partial charge in [0.05, 0.1) is 16.6 Å². The number of aromatic nitrogens is 2. The Hall–Kier alpha value is -0.770. The Kier molecular flexibility index (Phi) is 2.39.